The van der Waals surface area contributed by atoms with E-state index in [9.17, 15) is 0 Å². The van der Waals surface area contributed by atoms with Crippen molar-refractivity contribution < 1.29 is 0 Å². The minimum Gasteiger partial charge on any atom is -0.337 e. The third kappa shape index (κ3) is 2.27. The van der Waals surface area contributed by atoms with Crippen molar-refractivity contribution in [3.63, 3.8) is 0 Å². The second-order valence-electron chi connectivity index (χ2n) is 5.10. The first-order chi connectivity index (χ1) is 9.81. The molecule has 0 saturated heterocycles. The lowest BCUT2D eigenvalue weighted by atomic mass is 9.98. The van der Waals surface area contributed by atoms with Crippen molar-refractivity contribution in [1.29, 1.82) is 0 Å². The molecule has 1 aliphatic heterocycles. The summed E-state index contributed by atoms with van der Waals surface area (Å²) in [5.41, 5.74) is 6.44. The molecular formula is C19H19N. The Labute approximate surface area is 120 Å². The van der Waals surface area contributed by atoms with Crippen molar-refractivity contribution in [2.45, 2.75) is 13.3 Å². The highest BCUT2D eigenvalue weighted by molar-refractivity contribution is 5.80. The van der Waals surface area contributed by atoms with Crippen molar-refractivity contribution in [3.8, 4) is 0 Å². The molecule has 1 heteroatoms. The molecule has 0 unspecified atom stereocenters. The van der Waals surface area contributed by atoms with Crippen LogP contribution in [0.5, 0.6) is 0 Å². The zero-order valence-electron chi connectivity index (χ0n) is 11.8. The summed E-state index contributed by atoms with van der Waals surface area (Å²) in [6.45, 7) is 7.06. The van der Waals surface area contributed by atoms with Crippen molar-refractivity contribution in [3.05, 3.63) is 71.8 Å². The summed E-state index contributed by atoms with van der Waals surface area (Å²) < 4.78 is 0. The van der Waals surface area contributed by atoms with Gasteiger partial charge in [0.1, 0.15) is 0 Å². The molecule has 0 atom stereocenters. The van der Waals surface area contributed by atoms with Gasteiger partial charge in [-0.2, -0.15) is 0 Å². The van der Waals surface area contributed by atoms with E-state index >= 15 is 0 Å². The van der Waals surface area contributed by atoms with Crippen LogP contribution in [0.4, 0.5) is 11.4 Å². The van der Waals surface area contributed by atoms with Crippen molar-refractivity contribution in [1.82, 2.24) is 0 Å². The first-order valence-electron chi connectivity index (χ1n) is 7.10. The van der Waals surface area contributed by atoms with E-state index < -0.39 is 0 Å². The zero-order chi connectivity index (χ0) is 13.9. The highest BCUT2D eigenvalue weighted by Gasteiger charge is 2.18. The van der Waals surface area contributed by atoms with Crippen molar-refractivity contribution in [2.24, 2.45) is 0 Å². The van der Waals surface area contributed by atoms with Gasteiger partial charge in [0.25, 0.3) is 0 Å². The van der Waals surface area contributed by atoms with Crippen molar-refractivity contribution in [2.75, 3.05) is 11.4 Å². The summed E-state index contributed by atoms with van der Waals surface area (Å²) in [6.07, 6.45) is 5.32. The Morgan fingerprint density at radius 3 is 2.65 bits per heavy atom. The first-order valence-corrected chi connectivity index (χ1v) is 7.10. The van der Waals surface area contributed by atoms with E-state index in [4.69, 9.17) is 0 Å². The van der Waals surface area contributed by atoms with E-state index in [1.165, 1.54) is 22.5 Å². The van der Waals surface area contributed by atoms with Gasteiger partial charge in [0, 0.05) is 17.9 Å². The minimum atomic E-state index is 0.966. The first kappa shape index (κ1) is 12.7. The van der Waals surface area contributed by atoms with Gasteiger partial charge >= 0.3 is 0 Å². The van der Waals surface area contributed by atoms with Gasteiger partial charge in [-0.25, -0.2) is 0 Å². The number of nitrogens with zero attached hydrogens (tertiary/aromatic N) is 1. The van der Waals surface area contributed by atoms with Crippen LogP contribution in [-0.2, 0) is 0 Å². The fraction of sp³-hybridized carbons (Fsp3) is 0.158. The maximum Gasteiger partial charge on any atom is 0.0493 e. The second kappa shape index (κ2) is 5.38. The van der Waals surface area contributed by atoms with Gasteiger partial charge in [0.15, 0.2) is 0 Å². The highest BCUT2D eigenvalue weighted by atomic mass is 15.1. The SMILES string of the molecule is C=Cc1ccc2c(c1)N(c1ccccc1)CC(CC)=C2. The molecule has 1 heterocycles. The van der Waals surface area contributed by atoms with Crippen LogP contribution in [0.1, 0.15) is 24.5 Å². The third-order valence-electron chi connectivity index (χ3n) is 3.82. The molecule has 0 saturated carbocycles. The smallest absolute Gasteiger partial charge is 0.0493 e. The fourth-order valence-corrected chi connectivity index (χ4v) is 2.65. The molecule has 0 aliphatic carbocycles. The second-order valence-corrected chi connectivity index (χ2v) is 5.10. The Balaban J connectivity index is 2.13. The maximum absolute atomic E-state index is 3.87. The number of rotatable bonds is 3. The molecule has 0 bridgehead atoms. The van der Waals surface area contributed by atoms with Crippen LogP contribution in [0.15, 0.2) is 60.7 Å². The third-order valence-corrected chi connectivity index (χ3v) is 3.82. The number of hydrogen-bond acceptors (Lipinski definition) is 1. The molecule has 0 aromatic heterocycles. The molecule has 2 aromatic carbocycles. The topological polar surface area (TPSA) is 3.24 Å². The van der Waals surface area contributed by atoms with E-state index in [0.717, 1.165) is 18.5 Å². The monoisotopic (exact) mass is 261 g/mol. The number of para-hydroxylation sites is 1. The van der Waals surface area contributed by atoms with E-state index in [1.807, 2.05) is 6.08 Å². The predicted molar refractivity (Wildman–Crippen MR) is 88.2 cm³/mol. The van der Waals surface area contributed by atoms with Gasteiger partial charge in [-0.05, 0) is 35.7 Å². The Bertz CT molecular complexity index is 653. The van der Waals surface area contributed by atoms with Gasteiger partial charge in [0.2, 0.25) is 0 Å². The van der Waals surface area contributed by atoms with E-state index in [0.29, 0.717) is 0 Å². The summed E-state index contributed by atoms with van der Waals surface area (Å²) in [5.74, 6) is 0. The lowest BCUT2D eigenvalue weighted by Crippen LogP contribution is -2.23. The summed E-state index contributed by atoms with van der Waals surface area (Å²) in [5, 5.41) is 0. The largest absolute Gasteiger partial charge is 0.337 e. The molecule has 0 amide bonds. The van der Waals surface area contributed by atoms with Gasteiger partial charge < -0.3 is 4.90 Å². The van der Waals surface area contributed by atoms with Gasteiger partial charge in [-0.3, -0.25) is 0 Å². The lowest BCUT2D eigenvalue weighted by Gasteiger charge is -2.31. The molecule has 1 nitrogen and oxygen atoms in total. The summed E-state index contributed by atoms with van der Waals surface area (Å²) in [6, 6.07) is 17.1. The minimum absolute atomic E-state index is 0.966. The standard InChI is InChI=1S/C19H19N/c1-3-15-10-11-17-12-16(4-2)14-20(19(17)13-15)18-8-6-5-7-9-18/h3,5-13H,1,4,14H2,2H3. The summed E-state index contributed by atoms with van der Waals surface area (Å²) in [4.78, 5) is 2.39. The van der Waals surface area contributed by atoms with E-state index in [1.54, 1.807) is 0 Å². The zero-order valence-corrected chi connectivity index (χ0v) is 11.8. The molecule has 0 N–H and O–H groups in total. The van der Waals surface area contributed by atoms with E-state index in [-0.39, 0.29) is 0 Å². The Morgan fingerprint density at radius 2 is 1.95 bits per heavy atom. The van der Waals surface area contributed by atoms with Crippen LogP contribution >= 0.6 is 0 Å². The Hall–Kier alpha value is -2.28. The Kier molecular flexibility index (Phi) is 3.42. The number of hydrogen-bond donors (Lipinski definition) is 0. The molecular weight excluding hydrogens is 242 g/mol. The van der Waals surface area contributed by atoms with E-state index in [2.05, 4.69) is 73.0 Å². The van der Waals surface area contributed by atoms with Crippen LogP contribution in [-0.4, -0.2) is 6.54 Å². The number of fused-ring (bicyclic) bond motifs is 1. The quantitative estimate of drug-likeness (QED) is 0.727. The van der Waals surface area contributed by atoms with Gasteiger partial charge in [0.05, 0.1) is 0 Å². The van der Waals surface area contributed by atoms with Crippen LogP contribution in [0.2, 0.25) is 0 Å². The van der Waals surface area contributed by atoms with Crippen LogP contribution in [0.25, 0.3) is 12.2 Å². The van der Waals surface area contributed by atoms with Crippen LogP contribution < -0.4 is 4.90 Å². The molecule has 2 aromatic rings. The molecule has 0 fully saturated rings. The van der Waals surface area contributed by atoms with Crippen LogP contribution in [0.3, 0.4) is 0 Å². The average Bonchev–Trinajstić information content (AvgIpc) is 2.54. The van der Waals surface area contributed by atoms with Gasteiger partial charge in [-0.1, -0.05) is 61.6 Å². The Morgan fingerprint density at radius 1 is 1.15 bits per heavy atom. The maximum atomic E-state index is 3.87. The fourth-order valence-electron chi connectivity index (χ4n) is 2.65. The summed E-state index contributed by atoms with van der Waals surface area (Å²) in [7, 11) is 0. The molecule has 3 rings (SSSR count). The highest BCUT2D eigenvalue weighted by Crippen LogP contribution is 2.36. The molecule has 100 valence electrons. The molecule has 1 aliphatic rings. The lowest BCUT2D eigenvalue weighted by molar-refractivity contribution is 0.955. The number of anilines is 2. The van der Waals surface area contributed by atoms with Crippen molar-refractivity contribution >= 4 is 23.5 Å². The number of benzene rings is 2. The molecule has 20 heavy (non-hydrogen) atoms. The average molecular weight is 261 g/mol. The normalized spacial score (nSPS) is 13.7. The van der Waals surface area contributed by atoms with Crippen LogP contribution in [0, 0.1) is 0 Å². The predicted octanol–water partition coefficient (Wildman–Crippen LogP) is 5.27. The molecule has 0 radical (unpaired) electrons. The molecule has 0 spiro atoms. The summed E-state index contributed by atoms with van der Waals surface area (Å²) >= 11 is 0. The van der Waals surface area contributed by atoms with Gasteiger partial charge in [-0.15, -0.1) is 0 Å².